The molecule has 1 amide bonds. The van der Waals surface area contributed by atoms with E-state index in [-0.39, 0.29) is 12.5 Å². The first-order valence-corrected chi connectivity index (χ1v) is 7.29. The summed E-state index contributed by atoms with van der Waals surface area (Å²) in [6.07, 6.45) is 4.25. The summed E-state index contributed by atoms with van der Waals surface area (Å²) < 4.78 is 6.09. The highest BCUT2D eigenvalue weighted by Crippen LogP contribution is 2.45. The Labute approximate surface area is 131 Å². The van der Waals surface area contributed by atoms with Crippen LogP contribution in [0.3, 0.4) is 0 Å². The molecule has 6 heteroatoms. The van der Waals surface area contributed by atoms with Crippen molar-refractivity contribution in [2.75, 3.05) is 13.7 Å². The summed E-state index contributed by atoms with van der Waals surface area (Å²) in [4.78, 5) is 22.8. The molecule has 5 nitrogen and oxygen atoms in total. The summed E-state index contributed by atoms with van der Waals surface area (Å²) in [5.74, 6) is -0.503. The molecule has 0 atom stereocenters. The van der Waals surface area contributed by atoms with Gasteiger partial charge in [-0.15, -0.1) is 0 Å². The maximum Gasteiger partial charge on any atom is 0.311 e. The van der Waals surface area contributed by atoms with Crippen LogP contribution in [-0.2, 0) is 9.59 Å². The Morgan fingerprint density at radius 3 is 2.76 bits per heavy atom. The fraction of sp³-hybridized carbons (Fsp3) is 0.333. The van der Waals surface area contributed by atoms with Crippen molar-refractivity contribution in [3.05, 3.63) is 34.3 Å². The van der Waals surface area contributed by atoms with Gasteiger partial charge >= 0.3 is 5.97 Å². The predicted octanol–water partition coefficient (Wildman–Crippen LogP) is 2.45. The third-order valence-electron chi connectivity index (χ3n) is 3.51. The lowest BCUT2D eigenvalue weighted by Crippen LogP contribution is -2.33. The fourth-order valence-corrected chi connectivity index (χ4v) is 2.31. The van der Waals surface area contributed by atoms with Gasteiger partial charge in [-0.05, 0) is 37.1 Å². The molecule has 1 aliphatic carbocycles. The number of ether oxygens (including phenoxy) is 1. The van der Waals surface area contributed by atoms with Gasteiger partial charge in [-0.1, -0.05) is 15.9 Å². The minimum Gasteiger partial charge on any atom is -0.496 e. The largest absolute Gasteiger partial charge is 0.496 e. The van der Waals surface area contributed by atoms with Crippen LogP contribution in [-0.4, -0.2) is 30.6 Å². The maximum atomic E-state index is 11.8. The van der Waals surface area contributed by atoms with Crippen molar-refractivity contribution in [2.45, 2.75) is 12.8 Å². The number of rotatable bonds is 6. The summed E-state index contributed by atoms with van der Waals surface area (Å²) in [6, 6.07) is 5.48. The van der Waals surface area contributed by atoms with E-state index in [1.165, 1.54) is 6.08 Å². The lowest BCUT2D eigenvalue weighted by Gasteiger charge is -2.09. The quantitative estimate of drug-likeness (QED) is 0.770. The van der Waals surface area contributed by atoms with Crippen LogP contribution in [0.25, 0.3) is 6.08 Å². The molecule has 1 aromatic carbocycles. The molecule has 0 spiro atoms. The number of carboxylic acids is 1. The van der Waals surface area contributed by atoms with Crippen LogP contribution in [0.5, 0.6) is 5.75 Å². The van der Waals surface area contributed by atoms with Gasteiger partial charge in [-0.2, -0.15) is 0 Å². The van der Waals surface area contributed by atoms with Gasteiger partial charge in [0.1, 0.15) is 5.75 Å². The molecule has 0 aromatic heterocycles. The van der Waals surface area contributed by atoms with Gasteiger partial charge in [0.2, 0.25) is 5.91 Å². The zero-order chi connectivity index (χ0) is 15.5. The van der Waals surface area contributed by atoms with Crippen LogP contribution in [0, 0.1) is 5.41 Å². The highest BCUT2D eigenvalue weighted by molar-refractivity contribution is 9.10. The molecule has 2 rings (SSSR count). The van der Waals surface area contributed by atoms with Crippen LogP contribution >= 0.6 is 15.9 Å². The number of halogens is 1. The molecule has 1 aliphatic rings. The third kappa shape index (κ3) is 3.85. The number of hydrogen-bond acceptors (Lipinski definition) is 3. The van der Waals surface area contributed by atoms with Gasteiger partial charge in [0, 0.05) is 22.7 Å². The molecule has 0 aliphatic heterocycles. The minimum atomic E-state index is -0.847. The van der Waals surface area contributed by atoms with Crippen molar-refractivity contribution in [1.29, 1.82) is 0 Å². The number of hydrogen-bond donors (Lipinski definition) is 2. The summed E-state index contributed by atoms with van der Waals surface area (Å²) in [6.45, 7) is 0.168. The number of carbonyl (C=O) groups is 2. The Bertz CT molecular complexity index is 593. The van der Waals surface area contributed by atoms with Crippen molar-refractivity contribution in [1.82, 2.24) is 5.32 Å². The molecule has 1 saturated carbocycles. The Balaban J connectivity index is 1.96. The van der Waals surface area contributed by atoms with Crippen molar-refractivity contribution in [3.63, 3.8) is 0 Å². The molecule has 2 N–H and O–H groups in total. The second-order valence-corrected chi connectivity index (χ2v) is 5.94. The van der Waals surface area contributed by atoms with Crippen molar-refractivity contribution < 1.29 is 19.4 Å². The minimum absolute atomic E-state index is 0.168. The van der Waals surface area contributed by atoms with Crippen molar-refractivity contribution in [2.24, 2.45) is 5.41 Å². The number of benzene rings is 1. The summed E-state index contributed by atoms with van der Waals surface area (Å²) >= 11 is 3.36. The van der Waals surface area contributed by atoms with Crippen molar-refractivity contribution >= 4 is 33.9 Å². The average Bonchev–Trinajstić information content (AvgIpc) is 3.24. The van der Waals surface area contributed by atoms with E-state index in [4.69, 9.17) is 9.84 Å². The number of aliphatic carboxylic acids is 1. The van der Waals surface area contributed by atoms with Crippen molar-refractivity contribution in [3.8, 4) is 5.75 Å². The fourth-order valence-electron chi connectivity index (χ4n) is 1.93. The number of nitrogens with one attached hydrogen (secondary N) is 1. The molecule has 0 saturated heterocycles. The first-order chi connectivity index (χ1) is 9.97. The monoisotopic (exact) mass is 353 g/mol. The second kappa shape index (κ2) is 6.30. The molecule has 21 heavy (non-hydrogen) atoms. The topological polar surface area (TPSA) is 75.6 Å². The maximum absolute atomic E-state index is 11.8. The number of methoxy groups -OCH3 is 1. The van der Waals surface area contributed by atoms with E-state index in [0.29, 0.717) is 18.6 Å². The predicted molar refractivity (Wildman–Crippen MR) is 82.0 cm³/mol. The molecule has 0 unspecified atom stereocenters. The number of carboxylic acid groups (broad SMARTS) is 1. The molecular weight excluding hydrogens is 338 g/mol. The Morgan fingerprint density at radius 1 is 1.48 bits per heavy atom. The zero-order valence-electron chi connectivity index (χ0n) is 11.6. The van der Waals surface area contributed by atoms with E-state index in [2.05, 4.69) is 21.2 Å². The normalized spacial score (nSPS) is 15.7. The number of carbonyl (C=O) groups excluding carboxylic acids is 1. The standard InChI is InChI=1S/C15H16BrNO4/c1-21-12-4-3-11(16)8-10(12)2-5-13(18)17-9-15(6-7-15)14(19)20/h2-5,8H,6-7,9H2,1H3,(H,17,18)(H,19,20)/b5-2+. The Kier molecular flexibility index (Phi) is 4.67. The van der Waals surface area contributed by atoms with Gasteiger partial charge in [0.05, 0.1) is 12.5 Å². The van der Waals surface area contributed by atoms with Crippen LogP contribution in [0.15, 0.2) is 28.7 Å². The van der Waals surface area contributed by atoms with E-state index >= 15 is 0 Å². The Hall–Kier alpha value is -1.82. The molecule has 0 radical (unpaired) electrons. The van der Waals surface area contributed by atoms with Crippen LogP contribution < -0.4 is 10.1 Å². The lowest BCUT2D eigenvalue weighted by atomic mass is 10.1. The van der Waals surface area contributed by atoms with E-state index in [1.54, 1.807) is 19.3 Å². The lowest BCUT2D eigenvalue weighted by molar-refractivity contribution is -0.143. The summed E-state index contributed by atoms with van der Waals surface area (Å²) in [7, 11) is 1.56. The highest BCUT2D eigenvalue weighted by atomic mass is 79.9. The molecule has 0 heterocycles. The number of amides is 1. The van der Waals surface area contributed by atoms with E-state index in [1.807, 2.05) is 12.1 Å². The first-order valence-electron chi connectivity index (χ1n) is 6.50. The zero-order valence-corrected chi connectivity index (χ0v) is 13.1. The van der Waals surface area contributed by atoms with Crippen LogP contribution in [0.2, 0.25) is 0 Å². The molecular formula is C15H16BrNO4. The first kappa shape index (κ1) is 15.6. The van der Waals surface area contributed by atoms with E-state index < -0.39 is 11.4 Å². The van der Waals surface area contributed by atoms with E-state index in [0.717, 1.165) is 10.0 Å². The molecule has 1 aromatic rings. The van der Waals surface area contributed by atoms with Gasteiger partial charge in [-0.3, -0.25) is 9.59 Å². The van der Waals surface area contributed by atoms with Gasteiger partial charge in [0.25, 0.3) is 0 Å². The second-order valence-electron chi connectivity index (χ2n) is 5.02. The van der Waals surface area contributed by atoms with E-state index in [9.17, 15) is 9.59 Å². The van der Waals surface area contributed by atoms with Crippen LogP contribution in [0.1, 0.15) is 18.4 Å². The molecule has 112 valence electrons. The summed E-state index contributed by atoms with van der Waals surface area (Å²) in [5, 5.41) is 11.7. The average molecular weight is 354 g/mol. The third-order valence-corrected chi connectivity index (χ3v) is 4.01. The van der Waals surface area contributed by atoms with Gasteiger partial charge < -0.3 is 15.2 Å². The van der Waals surface area contributed by atoms with Gasteiger partial charge in [0.15, 0.2) is 0 Å². The van der Waals surface area contributed by atoms with Gasteiger partial charge in [-0.25, -0.2) is 0 Å². The highest BCUT2D eigenvalue weighted by Gasteiger charge is 2.50. The summed E-state index contributed by atoms with van der Waals surface area (Å²) in [5.41, 5.74) is 0.0122. The smallest absolute Gasteiger partial charge is 0.311 e. The molecule has 0 bridgehead atoms. The van der Waals surface area contributed by atoms with Crippen LogP contribution in [0.4, 0.5) is 0 Å². The SMILES string of the molecule is COc1ccc(Br)cc1/C=C/C(=O)NCC1(C(=O)O)CC1. The Morgan fingerprint density at radius 2 is 2.19 bits per heavy atom. The molecule has 1 fully saturated rings.